The van der Waals surface area contributed by atoms with Crippen molar-refractivity contribution in [3.8, 4) is 0 Å². The molecule has 0 atom stereocenters. The van der Waals surface area contributed by atoms with Crippen LogP contribution in [0, 0.1) is 0 Å². The van der Waals surface area contributed by atoms with Gasteiger partial charge >= 0.3 is 0 Å². The van der Waals surface area contributed by atoms with Gasteiger partial charge in [0, 0.05) is 22.9 Å². The van der Waals surface area contributed by atoms with Gasteiger partial charge in [0.25, 0.3) is 0 Å². The van der Waals surface area contributed by atoms with Crippen molar-refractivity contribution in [2.75, 3.05) is 16.4 Å². The van der Waals surface area contributed by atoms with Gasteiger partial charge in [-0.15, -0.1) is 10.2 Å². The van der Waals surface area contributed by atoms with E-state index in [0.717, 1.165) is 5.69 Å². The molecule has 0 radical (unpaired) electrons. The molecule has 7 nitrogen and oxygen atoms in total. The smallest absolute Gasteiger partial charge is 0.234 e. The lowest BCUT2D eigenvalue weighted by atomic mass is 10.3. The van der Waals surface area contributed by atoms with Gasteiger partial charge in [0.2, 0.25) is 11.8 Å². The van der Waals surface area contributed by atoms with E-state index in [-0.39, 0.29) is 24.0 Å². The zero-order valence-corrected chi connectivity index (χ0v) is 17.3. The van der Waals surface area contributed by atoms with E-state index in [1.807, 2.05) is 41.8 Å². The Hall–Kier alpha value is -2.84. The standard InChI is InChI=1S/C20H20ClN5O2S/c1-2-26-17(12-18(27)22-16-10-8-14(21)9-11-16)24-25-20(26)29-13-19(28)23-15-6-4-3-5-7-15/h3-11H,2,12-13H2,1H3,(H,22,27)(H,23,28). The summed E-state index contributed by atoms with van der Waals surface area (Å²) in [5.41, 5.74) is 1.41. The van der Waals surface area contributed by atoms with E-state index < -0.39 is 0 Å². The Labute approximate surface area is 177 Å². The predicted octanol–water partition coefficient (Wildman–Crippen LogP) is 3.86. The van der Waals surface area contributed by atoms with E-state index in [1.165, 1.54) is 11.8 Å². The molecular weight excluding hydrogens is 410 g/mol. The maximum absolute atomic E-state index is 12.3. The van der Waals surface area contributed by atoms with Crippen molar-refractivity contribution in [2.24, 2.45) is 0 Å². The minimum Gasteiger partial charge on any atom is -0.326 e. The number of aromatic nitrogens is 3. The largest absolute Gasteiger partial charge is 0.326 e. The minimum atomic E-state index is -0.201. The van der Waals surface area contributed by atoms with Gasteiger partial charge in [-0.25, -0.2) is 0 Å². The molecule has 0 saturated heterocycles. The van der Waals surface area contributed by atoms with E-state index >= 15 is 0 Å². The Kier molecular flexibility index (Phi) is 7.26. The molecule has 0 aliphatic heterocycles. The lowest BCUT2D eigenvalue weighted by Crippen LogP contribution is -2.18. The molecule has 29 heavy (non-hydrogen) atoms. The molecule has 0 bridgehead atoms. The average molecular weight is 430 g/mol. The highest BCUT2D eigenvalue weighted by atomic mass is 35.5. The van der Waals surface area contributed by atoms with Gasteiger partial charge in [0.15, 0.2) is 5.16 Å². The fourth-order valence-corrected chi connectivity index (χ4v) is 3.55. The highest BCUT2D eigenvalue weighted by Gasteiger charge is 2.16. The number of rotatable bonds is 8. The highest BCUT2D eigenvalue weighted by molar-refractivity contribution is 7.99. The lowest BCUT2D eigenvalue weighted by molar-refractivity contribution is -0.116. The number of anilines is 2. The molecule has 3 rings (SSSR count). The first-order valence-corrected chi connectivity index (χ1v) is 10.4. The maximum atomic E-state index is 12.3. The van der Waals surface area contributed by atoms with E-state index in [0.29, 0.717) is 28.2 Å². The predicted molar refractivity (Wildman–Crippen MR) is 115 cm³/mol. The van der Waals surface area contributed by atoms with Gasteiger partial charge in [0.05, 0.1) is 12.2 Å². The van der Waals surface area contributed by atoms with Crippen molar-refractivity contribution >= 4 is 46.6 Å². The van der Waals surface area contributed by atoms with Crippen LogP contribution >= 0.6 is 23.4 Å². The third kappa shape index (κ3) is 6.07. The Balaban J connectivity index is 1.57. The SMILES string of the molecule is CCn1c(CC(=O)Nc2ccc(Cl)cc2)nnc1SCC(=O)Nc1ccccc1. The van der Waals surface area contributed by atoms with Crippen LogP contribution in [0.15, 0.2) is 59.8 Å². The van der Waals surface area contributed by atoms with Crippen LogP contribution in [-0.2, 0) is 22.6 Å². The number of carbonyl (C=O) groups excluding carboxylic acids is 2. The zero-order valence-electron chi connectivity index (χ0n) is 15.8. The van der Waals surface area contributed by atoms with Gasteiger partial charge in [-0.3, -0.25) is 9.59 Å². The minimum absolute atomic E-state index is 0.0836. The Morgan fingerprint density at radius 2 is 1.62 bits per heavy atom. The quantitative estimate of drug-likeness (QED) is 0.531. The summed E-state index contributed by atoms with van der Waals surface area (Å²) in [7, 11) is 0. The van der Waals surface area contributed by atoms with Gasteiger partial charge in [0.1, 0.15) is 5.82 Å². The number of amides is 2. The first-order valence-electron chi connectivity index (χ1n) is 9.00. The second-order valence-corrected chi connectivity index (χ2v) is 7.46. The highest BCUT2D eigenvalue weighted by Crippen LogP contribution is 2.19. The Bertz CT molecular complexity index is 976. The summed E-state index contributed by atoms with van der Waals surface area (Å²) in [6.45, 7) is 2.54. The molecule has 0 spiro atoms. The van der Waals surface area contributed by atoms with Gasteiger partial charge in [-0.2, -0.15) is 0 Å². The van der Waals surface area contributed by atoms with Crippen LogP contribution in [0.4, 0.5) is 11.4 Å². The first kappa shape index (κ1) is 20.9. The van der Waals surface area contributed by atoms with Crippen LogP contribution in [-0.4, -0.2) is 32.3 Å². The molecular formula is C20H20ClN5O2S. The number of carbonyl (C=O) groups is 2. The molecule has 2 aromatic carbocycles. The summed E-state index contributed by atoms with van der Waals surface area (Å²) in [6.07, 6.45) is 0.0836. The van der Waals surface area contributed by atoms with Crippen molar-refractivity contribution in [1.29, 1.82) is 0 Å². The number of hydrogen-bond acceptors (Lipinski definition) is 5. The van der Waals surface area contributed by atoms with Crippen molar-refractivity contribution in [3.63, 3.8) is 0 Å². The first-order chi connectivity index (χ1) is 14.0. The molecule has 0 fully saturated rings. The molecule has 3 aromatic rings. The molecule has 1 heterocycles. The van der Waals surface area contributed by atoms with E-state index in [4.69, 9.17) is 11.6 Å². The van der Waals surface area contributed by atoms with E-state index in [9.17, 15) is 9.59 Å². The molecule has 2 amide bonds. The van der Waals surface area contributed by atoms with E-state index in [2.05, 4.69) is 20.8 Å². The number of thioether (sulfide) groups is 1. The number of halogens is 1. The fraction of sp³-hybridized carbons (Fsp3) is 0.200. The summed E-state index contributed by atoms with van der Waals surface area (Å²) >= 11 is 7.14. The van der Waals surface area contributed by atoms with Gasteiger partial charge in [-0.1, -0.05) is 41.6 Å². The second-order valence-electron chi connectivity index (χ2n) is 6.08. The molecule has 0 aliphatic rings. The number of benzene rings is 2. The summed E-state index contributed by atoms with van der Waals surface area (Å²) in [5, 5.41) is 15.1. The van der Waals surface area contributed by atoms with Crippen LogP contribution in [0.3, 0.4) is 0 Å². The number of nitrogens with one attached hydrogen (secondary N) is 2. The number of nitrogens with zero attached hydrogens (tertiary/aromatic N) is 3. The zero-order chi connectivity index (χ0) is 20.6. The lowest BCUT2D eigenvalue weighted by Gasteiger charge is -2.08. The third-order valence-electron chi connectivity index (χ3n) is 3.95. The van der Waals surface area contributed by atoms with Crippen LogP contribution in [0.25, 0.3) is 0 Å². The molecule has 0 saturated carbocycles. The van der Waals surface area contributed by atoms with Crippen molar-refractivity contribution in [3.05, 3.63) is 65.4 Å². The van der Waals surface area contributed by atoms with E-state index in [1.54, 1.807) is 24.3 Å². The van der Waals surface area contributed by atoms with Crippen LogP contribution in [0.2, 0.25) is 5.02 Å². The maximum Gasteiger partial charge on any atom is 0.234 e. The Morgan fingerprint density at radius 3 is 2.31 bits per heavy atom. The summed E-state index contributed by atoms with van der Waals surface area (Å²) in [5.74, 6) is 0.413. The molecule has 1 aromatic heterocycles. The fourth-order valence-electron chi connectivity index (χ4n) is 2.60. The van der Waals surface area contributed by atoms with Crippen LogP contribution in [0.5, 0.6) is 0 Å². The number of para-hydroxylation sites is 1. The van der Waals surface area contributed by atoms with Gasteiger partial charge < -0.3 is 15.2 Å². The monoisotopic (exact) mass is 429 g/mol. The summed E-state index contributed by atoms with van der Waals surface area (Å²) in [4.78, 5) is 24.5. The van der Waals surface area contributed by atoms with Crippen molar-refractivity contribution in [1.82, 2.24) is 14.8 Å². The molecule has 0 aliphatic carbocycles. The van der Waals surface area contributed by atoms with Crippen LogP contribution < -0.4 is 10.6 Å². The third-order valence-corrected chi connectivity index (χ3v) is 5.16. The van der Waals surface area contributed by atoms with Crippen LogP contribution in [0.1, 0.15) is 12.7 Å². The molecule has 150 valence electrons. The molecule has 9 heteroatoms. The second kappa shape index (κ2) is 10.1. The number of hydrogen-bond donors (Lipinski definition) is 2. The summed E-state index contributed by atoms with van der Waals surface area (Å²) < 4.78 is 1.84. The average Bonchev–Trinajstić information content (AvgIpc) is 3.10. The molecule has 2 N–H and O–H groups in total. The molecule has 0 unspecified atom stereocenters. The van der Waals surface area contributed by atoms with Crippen molar-refractivity contribution in [2.45, 2.75) is 25.0 Å². The topological polar surface area (TPSA) is 88.9 Å². The summed E-state index contributed by atoms with van der Waals surface area (Å²) in [6, 6.07) is 16.1. The van der Waals surface area contributed by atoms with Crippen molar-refractivity contribution < 1.29 is 9.59 Å². The normalized spacial score (nSPS) is 10.6. The van der Waals surface area contributed by atoms with Gasteiger partial charge in [-0.05, 0) is 43.3 Å². The Morgan fingerprint density at radius 1 is 0.966 bits per heavy atom.